The highest BCUT2D eigenvalue weighted by atomic mass is 35.5. The fourth-order valence-electron chi connectivity index (χ4n) is 2.03. The first-order chi connectivity index (χ1) is 11.9. The van der Waals surface area contributed by atoms with Gasteiger partial charge < -0.3 is 10.1 Å². The van der Waals surface area contributed by atoms with Crippen molar-refractivity contribution in [2.75, 3.05) is 19.0 Å². The molecule has 0 saturated carbocycles. The van der Waals surface area contributed by atoms with Gasteiger partial charge in [-0.2, -0.15) is 0 Å². The molecule has 0 aliphatic carbocycles. The monoisotopic (exact) mass is 380 g/mol. The van der Waals surface area contributed by atoms with Crippen molar-refractivity contribution in [3.63, 3.8) is 0 Å². The van der Waals surface area contributed by atoms with Crippen molar-refractivity contribution >= 4 is 33.2 Å². The SMILES string of the molecule is C=CCNS(=O)(=O)c1cccc(C(=O)Nc2cc(Cl)ccc2OC)c1. The lowest BCUT2D eigenvalue weighted by molar-refractivity contribution is 0.102. The molecule has 0 heterocycles. The van der Waals surface area contributed by atoms with E-state index in [0.29, 0.717) is 16.5 Å². The van der Waals surface area contributed by atoms with Crippen LogP contribution in [0.15, 0.2) is 60.0 Å². The van der Waals surface area contributed by atoms with Crippen molar-refractivity contribution in [2.45, 2.75) is 4.90 Å². The minimum atomic E-state index is -3.72. The highest BCUT2D eigenvalue weighted by Crippen LogP contribution is 2.28. The van der Waals surface area contributed by atoms with Gasteiger partial charge in [-0.1, -0.05) is 23.7 Å². The Morgan fingerprint density at radius 3 is 2.72 bits per heavy atom. The number of anilines is 1. The van der Waals surface area contributed by atoms with Crippen molar-refractivity contribution in [1.29, 1.82) is 0 Å². The third kappa shape index (κ3) is 4.82. The molecule has 2 N–H and O–H groups in total. The number of amides is 1. The molecule has 0 radical (unpaired) electrons. The van der Waals surface area contributed by atoms with E-state index >= 15 is 0 Å². The number of ether oxygens (including phenoxy) is 1. The number of hydrogen-bond acceptors (Lipinski definition) is 4. The molecule has 0 aromatic heterocycles. The summed E-state index contributed by atoms with van der Waals surface area (Å²) in [5, 5.41) is 3.09. The van der Waals surface area contributed by atoms with Crippen molar-refractivity contribution in [3.8, 4) is 5.75 Å². The molecule has 1 amide bonds. The number of carbonyl (C=O) groups is 1. The quantitative estimate of drug-likeness (QED) is 0.723. The molecule has 2 aromatic carbocycles. The number of nitrogens with one attached hydrogen (secondary N) is 2. The van der Waals surface area contributed by atoms with Gasteiger partial charge in [0.2, 0.25) is 10.0 Å². The smallest absolute Gasteiger partial charge is 0.255 e. The molecule has 8 heteroatoms. The van der Waals surface area contributed by atoms with Crippen LogP contribution in [-0.2, 0) is 10.0 Å². The lowest BCUT2D eigenvalue weighted by Gasteiger charge is -2.11. The Kier molecular flexibility index (Phi) is 6.19. The fourth-order valence-corrected chi connectivity index (χ4v) is 3.24. The Labute approximate surface area is 151 Å². The number of methoxy groups -OCH3 is 1. The van der Waals surface area contributed by atoms with E-state index in [1.807, 2.05) is 0 Å². The molecule has 0 spiro atoms. The molecular formula is C17H17ClN2O4S. The van der Waals surface area contributed by atoms with Gasteiger partial charge in [-0.15, -0.1) is 6.58 Å². The molecule has 6 nitrogen and oxygen atoms in total. The molecule has 2 rings (SSSR count). The summed E-state index contributed by atoms with van der Waals surface area (Å²) in [6, 6.07) is 10.5. The molecule has 0 aliphatic heterocycles. The van der Waals surface area contributed by atoms with E-state index in [-0.39, 0.29) is 17.0 Å². The van der Waals surface area contributed by atoms with E-state index < -0.39 is 15.9 Å². The molecule has 2 aromatic rings. The minimum Gasteiger partial charge on any atom is -0.495 e. The van der Waals surface area contributed by atoms with Gasteiger partial charge in [-0.25, -0.2) is 13.1 Å². The van der Waals surface area contributed by atoms with E-state index in [1.54, 1.807) is 18.2 Å². The first-order valence-electron chi connectivity index (χ1n) is 7.23. The zero-order chi connectivity index (χ0) is 18.4. The fraction of sp³-hybridized carbons (Fsp3) is 0.118. The summed E-state index contributed by atoms with van der Waals surface area (Å²) in [4.78, 5) is 12.4. The van der Waals surface area contributed by atoms with E-state index in [4.69, 9.17) is 16.3 Å². The molecule has 25 heavy (non-hydrogen) atoms. The first kappa shape index (κ1) is 19.0. The number of sulfonamides is 1. The van der Waals surface area contributed by atoms with Gasteiger partial charge >= 0.3 is 0 Å². The van der Waals surface area contributed by atoms with Crippen LogP contribution in [0.25, 0.3) is 0 Å². The summed E-state index contributed by atoms with van der Waals surface area (Å²) < 4.78 is 31.8. The predicted molar refractivity (Wildman–Crippen MR) is 97.8 cm³/mol. The molecule has 0 saturated heterocycles. The molecular weight excluding hydrogens is 364 g/mol. The number of rotatable bonds is 7. The Morgan fingerprint density at radius 2 is 2.04 bits per heavy atom. The van der Waals surface area contributed by atoms with E-state index in [2.05, 4.69) is 16.6 Å². The maximum atomic E-state index is 12.4. The van der Waals surface area contributed by atoms with Crippen molar-refractivity contribution in [1.82, 2.24) is 4.72 Å². The molecule has 0 unspecified atom stereocenters. The number of hydrogen-bond donors (Lipinski definition) is 2. The van der Waals surface area contributed by atoms with E-state index in [0.717, 1.165) is 0 Å². The van der Waals surface area contributed by atoms with Crippen molar-refractivity contribution < 1.29 is 17.9 Å². The second-order valence-electron chi connectivity index (χ2n) is 4.97. The van der Waals surface area contributed by atoms with Crippen LogP contribution in [0.4, 0.5) is 5.69 Å². The van der Waals surface area contributed by atoms with Gasteiger partial charge in [0.25, 0.3) is 5.91 Å². The molecule has 0 fully saturated rings. The van der Waals surface area contributed by atoms with Crippen LogP contribution in [0.5, 0.6) is 5.75 Å². The predicted octanol–water partition coefficient (Wildman–Crippen LogP) is 3.07. The summed E-state index contributed by atoms with van der Waals surface area (Å²) in [6.45, 7) is 3.56. The summed E-state index contributed by atoms with van der Waals surface area (Å²) in [6.07, 6.45) is 1.43. The van der Waals surface area contributed by atoms with Gasteiger partial charge in [0.05, 0.1) is 17.7 Å². The second kappa shape index (κ2) is 8.15. The number of carbonyl (C=O) groups excluding carboxylic acids is 1. The number of halogens is 1. The highest BCUT2D eigenvalue weighted by Gasteiger charge is 2.16. The normalized spacial score (nSPS) is 11.0. The molecule has 0 aliphatic rings. The van der Waals surface area contributed by atoms with Crippen LogP contribution in [0.3, 0.4) is 0 Å². The Balaban J connectivity index is 2.28. The lowest BCUT2D eigenvalue weighted by atomic mass is 10.2. The average molecular weight is 381 g/mol. The topological polar surface area (TPSA) is 84.5 Å². The summed E-state index contributed by atoms with van der Waals surface area (Å²) in [5.41, 5.74) is 0.571. The Bertz CT molecular complexity index is 897. The molecule has 132 valence electrons. The molecule has 0 bridgehead atoms. The van der Waals surface area contributed by atoms with Gasteiger partial charge in [-0.3, -0.25) is 4.79 Å². The van der Waals surface area contributed by atoms with Crippen LogP contribution in [0.2, 0.25) is 5.02 Å². The van der Waals surface area contributed by atoms with Crippen molar-refractivity contribution in [2.24, 2.45) is 0 Å². The first-order valence-corrected chi connectivity index (χ1v) is 9.09. The largest absolute Gasteiger partial charge is 0.495 e. The Morgan fingerprint density at radius 1 is 1.28 bits per heavy atom. The van der Waals surface area contributed by atoms with Crippen LogP contribution in [0.1, 0.15) is 10.4 Å². The maximum absolute atomic E-state index is 12.4. The van der Waals surface area contributed by atoms with Gasteiger partial charge in [0, 0.05) is 17.1 Å². The zero-order valence-corrected chi connectivity index (χ0v) is 15.0. The van der Waals surface area contributed by atoms with Crippen LogP contribution in [0, 0.1) is 0 Å². The van der Waals surface area contributed by atoms with Crippen molar-refractivity contribution in [3.05, 3.63) is 65.7 Å². The van der Waals surface area contributed by atoms with Crippen LogP contribution in [-0.4, -0.2) is 28.0 Å². The summed E-state index contributed by atoms with van der Waals surface area (Å²) in [7, 11) is -2.25. The van der Waals surface area contributed by atoms with E-state index in [1.165, 1.54) is 37.5 Å². The highest BCUT2D eigenvalue weighted by molar-refractivity contribution is 7.89. The standard InChI is InChI=1S/C17H17ClN2O4S/c1-3-9-19-25(22,23)14-6-4-5-12(10-14)17(21)20-15-11-13(18)7-8-16(15)24-2/h3-8,10-11,19H,1,9H2,2H3,(H,20,21). The van der Waals surface area contributed by atoms with Gasteiger partial charge in [-0.05, 0) is 36.4 Å². The van der Waals surface area contributed by atoms with Crippen LogP contribution >= 0.6 is 11.6 Å². The third-order valence-electron chi connectivity index (χ3n) is 3.23. The third-order valence-corrected chi connectivity index (χ3v) is 4.89. The van der Waals surface area contributed by atoms with Crippen LogP contribution < -0.4 is 14.8 Å². The summed E-state index contributed by atoms with van der Waals surface area (Å²) >= 11 is 5.93. The average Bonchev–Trinajstić information content (AvgIpc) is 2.60. The van der Waals surface area contributed by atoms with Gasteiger partial charge in [0.15, 0.2) is 0 Å². The number of benzene rings is 2. The zero-order valence-electron chi connectivity index (χ0n) is 13.5. The minimum absolute atomic E-state index is 0.0138. The summed E-state index contributed by atoms with van der Waals surface area (Å²) in [5.74, 6) is -0.0458. The van der Waals surface area contributed by atoms with Gasteiger partial charge in [0.1, 0.15) is 5.75 Å². The lowest BCUT2D eigenvalue weighted by Crippen LogP contribution is -2.24. The molecule has 0 atom stereocenters. The van der Waals surface area contributed by atoms with E-state index in [9.17, 15) is 13.2 Å². The maximum Gasteiger partial charge on any atom is 0.255 e. The Hall–Kier alpha value is -2.35. The second-order valence-corrected chi connectivity index (χ2v) is 7.17.